The fraction of sp³-hybridized carbons (Fsp3) is 0.500. The predicted octanol–water partition coefficient (Wildman–Crippen LogP) is 2.22. The molecule has 0 atom stereocenters. The average Bonchev–Trinajstić information content (AvgIpc) is 0.811. The maximum absolute atomic E-state index is 8.98. The van der Waals surface area contributed by atoms with Crippen LogP contribution >= 0.6 is 23.2 Å². The van der Waals surface area contributed by atoms with Gasteiger partial charge in [-0.2, -0.15) is 0 Å². The standard InChI is InChI=1S/CCl2O.CH4/c2-1(3)4;/h;1H4. The van der Waals surface area contributed by atoms with Gasteiger partial charge in [-0.05, 0) is 23.2 Å². The molecule has 0 aromatic carbocycles. The maximum atomic E-state index is 8.98. The summed E-state index contributed by atoms with van der Waals surface area (Å²) >= 11 is 8.80. The largest absolute Gasteiger partial charge is 0.313 e. The van der Waals surface area contributed by atoms with Gasteiger partial charge in [-0.15, -0.1) is 0 Å². The summed E-state index contributed by atoms with van der Waals surface area (Å²) in [5.74, 6) is 0. The van der Waals surface area contributed by atoms with E-state index >= 15 is 0 Å². The zero-order chi connectivity index (χ0) is 3.58. The first-order valence-corrected chi connectivity index (χ1v) is 1.34. The monoisotopic (exact) mass is 114 g/mol. The quantitative estimate of drug-likeness (QED) is 0.442. The van der Waals surface area contributed by atoms with Gasteiger partial charge in [-0.25, -0.2) is 0 Å². The van der Waals surface area contributed by atoms with E-state index in [0.717, 1.165) is 0 Å². The maximum Gasteiger partial charge on any atom is 0.313 e. The Labute approximate surface area is 40.9 Å². The number of carbonyl (C=O) groups excluding carboxylic acids is 1. The number of halogens is 2. The summed E-state index contributed by atoms with van der Waals surface area (Å²) in [5.41, 5.74) is 0. The Bertz CT molecular complexity index is 30.6. The van der Waals surface area contributed by atoms with Crippen LogP contribution < -0.4 is 0 Å². The van der Waals surface area contributed by atoms with Gasteiger partial charge in [0.25, 0.3) is 0 Å². The van der Waals surface area contributed by atoms with E-state index in [0.29, 0.717) is 0 Å². The topological polar surface area (TPSA) is 17.1 Å². The molecule has 0 amide bonds. The van der Waals surface area contributed by atoms with E-state index in [1.54, 1.807) is 0 Å². The molecule has 3 heteroatoms. The van der Waals surface area contributed by atoms with Crippen molar-refractivity contribution in [3.63, 3.8) is 0 Å². The molecule has 0 saturated heterocycles. The van der Waals surface area contributed by atoms with Crippen molar-refractivity contribution in [3.8, 4) is 0 Å². The lowest BCUT2D eigenvalue weighted by atomic mass is 11.8. The molecule has 1 nitrogen and oxygen atoms in total. The van der Waals surface area contributed by atoms with Crippen molar-refractivity contribution in [3.05, 3.63) is 0 Å². The molecule has 0 rings (SSSR count). The van der Waals surface area contributed by atoms with Crippen molar-refractivity contribution in [1.29, 1.82) is 0 Å². The van der Waals surface area contributed by atoms with E-state index in [1.165, 1.54) is 0 Å². The van der Waals surface area contributed by atoms with Gasteiger partial charge in [-0.1, -0.05) is 7.43 Å². The van der Waals surface area contributed by atoms with E-state index in [9.17, 15) is 0 Å². The van der Waals surface area contributed by atoms with Crippen LogP contribution in [-0.4, -0.2) is 4.70 Å². The van der Waals surface area contributed by atoms with Crippen LogP contribution in [0.2, 0.25) is 0 Å². The number of hydrogen-bond donors (Lipinski definition) is 0. The molecule has 0 aliphatic heterocycles. The summed E-state index contributed by atoms with van der Waals surface area (Å²) in [6.45, 7) is 0. The van der Waals surface area contributed by atoms with Gasteiger partial charge in [0.2, 0.25) is 0 Å². The molecular formula is C2H4Cl2O. The molecule has 0 heterocycles. The molecule has 0 aliphatic carbocycles. The second-order valence-corrected chi connectivity index (χ2v) is 1.11. The number of hydrogen-bond acceptors (Lipinski definition) is 1. The minimum Gasteiger partial charge on any atom is -0.262 e. The zero-order valence-corrected chi connectivity index (χ0v) is 3.18. The molecule has 0 spiro atoms. The minimum absolute atomic E-state index is 0. The highest BCUT2D eigenvalue weighted by Crippen LogP contribution is 1.84. The summed E-state index contributed by atoms with van der Waals surface area (Å²) in [6, 6.07) is 0. The Morgan fingerprint density at radius 2 is 1.40 bits per heavy atom. The highest BCUT2D eigenvalue weighted by atomic mass is 35.5. The van der Waals surface area contributed by atoms with Crippen molar-refractivity contribution in [2.75, 3.05) is 0 Å². The van der Waals surface area contributed by atoms with Gasteiger partial charge in [0.15, 0.2) is 0 Å². The molecule has 0 N–H and O–H groups in total. The van der Waals surface area contributed by atoms with Gasteiger partial charge in [-0.3, -0.25) is 4.79 Å². The Hall–Kier alpha value is 0.250. The van der Waals surface area contributed by atoms with Gasteiger partial charge in [0.1, 0.15) is 0 Å². The van der Waals surface area contributed by atoms with Crippen molar-refractivity contribution in [2.24, 2.45) is 0 Å². The summed E-state index contributed by atoms with van der Waals surface area (Å²) in [4.78, 5) is 8.98. The molecule has 0 fully saturated rings. The van der Waals surface area contributed by atoms with Gasteiger partial charge >= 0.3 is 4.70 Å². The molecule has 0 aromatic rings. The van der Waals surface area contributed by atoms with E-state index < -0.39 is 4.70 Å². The third-order valence-electron chi connectivity index (χ3n) is 0. The average molecular weight is 115 g/mol. The minimum atomic E-state index is -0.889. The molecule has 0 aliphatic rings. The second-order valence-electron chi connectivity index (χ2n) is 0.226. The van der Waals surface area contributed by atoms with Crippen LogP contribution in [0.15, 0.2) is 0 Å². The molecule has 32 valence electrons. The van der Waals surface area contributed by atoms with E-state index in [2.05, 4.69) is 23.2 Å². The van der Waals surface area contributed by atoms with Crippen molar-refractivity contribution in [1.82, 2.24) is 0 Å². The smallest absolute Gasteiger partial charge is 0.262 e. The summed E-state index contributed by atoms with van der Waals surface area (Å²) < 4.78 is -0.889. The fourth-order valence-electron chi connectivity index (χ4n) is 0. The van der Waals surface area contributed by atoms with Crippen molar-refractivity contribution < 1.29 is 4.79 Å². The van der Waals surface area contributed by atoms with Crippen LogP contribution in [0.3, 0.4) is 0 Å². The summed E-state index contributed by atoms with van der Waals surface area (Å²) in [6.07, 6.45) is 0. The SMILES string of the molecule is C.O=C(Cl)Cl. The first-order valence-electron chi connectivity index (χ1n) is 0.582. The number of carbonyl (C=O) groups is 1. The summed E-state index contributed by atoms with van der Waals surface area (Å²) in [5, 5.41) is 0. The Morgan fingerprint density at radius 1 is 1.40 bits per heavy atom. The van der Waals surface area contributed by atoms with Crippen molar-refractivity contribution in [2.45, 2.75) is 7.43 Å². The third-order valence-corrected chi connectivity index (χ3v) is 0. The predicted molar refractivity (Wildman–Crippen MR) is 23.8 cm³/mol. The Balaban J connectivity index is 0. The first-order chi connectivity index (χ1) is 1.73. The van der Waals surface area contributed by atoms with Crippen molar-refractivity contribution >= 4 is 27.9 Å². The fourth-order valence-corrected chi connectivity index (χ4v) is 0. The summed E-state index contributed by atoms with van der Waals surface area (Å²) in [7, 11) is 0. The van der Waals surface area contributed by atoms with Crippen LogP contribution in [0.4, 0.5) is 4.79 Å². The van der Waals surface area contributed by atoms with Gasteiger partial charge < -0.3 is 0 Å². The van der Waals surface area contributed by atoms with E-state index in [4.69, 9.17) is 4.79 Å². The molecule has 0 radical (unpaired) electrons. The van der Waals surface area contributed by atoms with Gasteiger partial charge in [0.05, 0.1) is 0 Å². The van der Waals surface area contributed by atoms with Gasteiger partial charge in [0, 0.05) is 0 Å². The zero-order valence-electron chi connectivity index (χ0n) is 1.66. The molecule has 0 unspecified atom stereocenters. The highest BCUT2D eigenvalue weighted by Gasteiger charge is 1.72. The highest BCUT2D eigenvalue weighted by molar-refractivity contribution is 6.93. The normalized spacial score (nSPS) is 5.20. The molecule has 5 heavy (non-hydrogen) atoms. The van der Waals surface area contributed by atoms with Crippen LogP contribution in [0.1, 0.15) is 7.43 Å². The number of rotatable bonds is 0. The first kappa shape index (κ1) is 8.98. The Kier molecular flexibility index (Phi) is 7.63. The van der Waals surface area contributed by atoms with E-state index in [-0.39, 0.29) is 7.43 Å². The third kappa shape index (κ3) is 344. The molecule has 0 bridgehead atoms. The molecular weight excluding hydrogens is 111 g/mol. The van der Waals surface area contributed by atoms with Crippen LogP contribution in [0.5, 0.6) is 0 Å². The van der Waals surface area contributed by atoms with Crippen LogP contribution in [-0.2, 0) is 0 Å². The molecule has 0 saturated carbocycles. The lowest BCUT2D eigenvalue weighted by Gasteiger charge is -1.48. The lowest BCUT2D eigenvalue weighted by Crippen LogP contribution is -1.46. The Morgan fingerprint density at radius 3 is 1.40 bits per heavy atom. The van der Waals surface area contributed by atoms with E-state index in [1.807, 2.05) is 0 Å². The van der Waals surface area contributed by atoms with Crippen LogP contribution in [0.25, 0.3) is 0 Å². The molecule has 0 aromatic heterocycles. The second kappa shape index (κ2) is 4.25. The van der Waals surface area contributed by atoms with Crippen LogP contribution in [0, 0.1) is 0 Å². The lowest BCUT2D eigenvalue weighted by molar-refractivity contribution is 0.275.